The van der Waals surface area contributed by atoms with Crippen molar-refractivity contribution in [2.24, 2.45) is 11.8 Å². The summed E-state index contributed by atoms with van der Waals surface area (Å²) in [5.74, 6) is -1.22. The molecular weight excluding hydrogens is 358 g/mol. The summed E-state index contributed by atoms with van der Waals surface area (Å²) in [6.07, 6.45) is 4.66. The highest BCUT2D eigenvalue weighted by Gasteiger charge is 2.26. The van der Waals surface area contributed by atoms with Gasteiger partial charge in [-0.05, 0) is 74.4 Å². The Kier molecular flexibility index (Phi) is 7.03. The fourth-order valence-corrected chi connectivity index (χ4v) is 4.06. The third-order valence-corrected chi connectivity index (χ3v) is 5.71. The molecule has 1 aromatic carbocycles. The van der Waals surface area contributed by atoms with Gasteiger partial charge in [0.25, 0.3) is 5.91 Å². The quantitative estimate of drug-likeness (QED) is 0.530. The smallest absolute Gasteiger partial charge is 0.304 e. The molecule has 2 aliphatic heterocycles. The summed E-state index contributed by atoms with van der Waals surface area (Å²) in [5.41, 5.74) is 2.36. The van der Waals surface area contributed by atoms with Crippen LogP contribution in [0.15, 0.2) is 18.2 Å². The zero-order valence-corrected chi connectivity index (χ0v) is 16.1. The second-order valence-corrected chi connectivity index (χ2v) is 7.79. The predicted molar refractivity (Wildman–Crippen MR) is 105 cm³/mol. The lowest BCUT2D eigenvalue weighted by atomic mass is 9.93. The van der Waals surface area contributed by atoms with Gasteiger partial charge in [-0.25, -0.2) is 0 Å². The first-order valence-corrected chi connectivity index (χ1v) is 10.1. The predicted octanol–water partition coefficient (Wildman–Crippen LogP) is 1.46. The first-order valence-electron chi connectivity index (χ1n) is 10.1. The molecule has 152 valence electrons. The lowest BCUT2D eigenvalue weighted by molar-refractivity contribution is -0.141. The molecule has 2 aliphatic rings. The molecule has 2 heterocycles. The fourth-order valence-electron chi connectivity index (χ4n) is 4.06. The number of hydrogen-bond donors (Lipinski definition) is 4. The van der Waals surface area contributed by atoms with Gasteiger partial charge < -0.3 is 21.1 Å². The molecule has 0 aromatic heterocycles. The van der Waals surface area contributed by atoms with Crippen LogP contribution in [0.4, 0.5) is 0 Å². The number of piperidine rings is 1. The van der Waals surface area contributed by atoms with E-state index < -0.39 is 11.9 Å². The summed E-state index contributed by atoms with van der Waals surface area (Å²) in [5, 5.41) is 18.1. The third-order valence-electron chi connectivity index (χ3n) is 5.71. The first kappa shape index (κ1) is 20.3. The fraction of sp³-hybridized carbons (Fsp3) is 0.571. The van der Waals surface area contributed by atoms with Crippen molar-refractivity contribution in [3.8, 4) is 0 Å². The molecule has 0 spiro atoms. The Balaban J connectivity index is 1.55. The van der Waals surface area contributed by atoms with Crippen molar-refractivity contribution < 1.29 is 19.5 Å². The van der Waals surface area contributed by atoms with E-state index in [1.807, 2.05) is 6.07 Å². The third kappa shape index (κ3) is 5.55. The van der Waals surface area contributed by atoms with Gasteiger partial charge in [-0.1, -0.05) is 6.07 Å². The lowest BCUT2D eigenvalue weighted by Gasteiger charge is -2.22. The molecule has 0 bridgehead atoms. The van der Waals surface area contributed by atoms with Crippen LogP contribution in [0, 0.1) is 11.8 Å². The molecule has 0 aliphatic carbocycles. The second kappa shape index (κ2) is 9.68. The summed E-state index contributed by atoms with van der Waals surface area (Å²) >= 11 is 0. The van der Waals surface area contributed by atoms with Crippen LogP contribution in [0.3, 0.4) is 0 Å². The van der Waals surface area contributed by atoms with E-state index in [4.69, 9.17) is 5.11 Å². The normalized spacial score (nSPS) is 20.0. The molecular formula is C21H29N3O4. The van der Waals surface area contributed by atoms with Crippen LogP contribution >= 0.6 is 0 Å². The van der Waals surface area contributed by atoms with E-state index in [9.17, 15) is 14.4 Å². The first-order chi connectivity index (χ1) is 13.5. The van der Waals surface area contributed by atoms with Crippen LogP contribution in [-0.2, 0) is 22.6 Å². The van der Waals surface area contributed by atoms with Gasteiger partial charge in [0.1, 0.15) is 0 Å². The number of amides is 2. The molecule has 7 heteroatoms. The number of carboxylic acids is 1. The van der Waals surface area contributed by atoms with Crippen LogP contribution in [0.1, 0.15) is 53.6 Å². The Morgan fingerprint density at radius 1 is 1.18 bits per heavy atom. The van der Waals surface area contributed by atoms with Crippen LogP contribution < -0.4 is 16.0 Å². The number of carbonyl (C=O) groups is 3. The van der Waals surface area contributed by atoms with Crippen molar-refractivity contribution in [3.63, 3.8) is 0 Å². The lowest BCUT2D eigenvalue weighted by Crippen LogP contribution is -2.30. The molecule has 1 fully saturated rings. The van der Waals surface area contributed by atoms with Gasteiger partial charge in [0.15, 0.2) is 0 Å². The van der Waals surface area contributed by atoms with Crippen molar-refractivity contribution in [1.29, 1.82) is 0 Å². The summed E-state index contributed by atoms with van der Waals surface area (Å²) in [6.45, 7) is 3.20. The van der Waals surface area contributed by atoms with Crippen LogP contribution in [-0.4, -0.2) is 42.5 Å². The molecule has 3 rings (SSSR count). The van der Waals surface area contributed by atoms with Crippen LogP contribution in [0.5, 0.6) is 0 Å². The SMILES string of the molecule is O=C(O)CC1Cc2cc(C(=O)NCCCC3CCNCC3)ccc2CNC1=O. The minimum Gasteiger partial charge on any atom is -0.481 e. The number of carbonyl (C=O) groups excluding carboxylic acids is 2. The van der Waals surface area contributed by atoms with Crippen LogP contribution in [0.2, 0.25) is 0 Å². The molecule has 0 radical (unpaired) electrons. The molecule has 4 N–H and O–H groups in total. The average Bonchev–Trinajstić information content (AvgIpc) is 2.84. The number of nitrogens with one attached hydrogen (secondary N) is 3. The standard InChI is InChI=1S/C21H29N3O4/c25-19(26)12-18-11-17-10-15(3-4-16(17)13-24-21(18)28)20(27)23-7-1-2-14-5-8-22-9-6-14/h3-4,10,14,18,22H,1-2,5-9,11-13H2,(H,23,27)(H,24,28)(H,25,26). The van der Waals surface area contributed by atoms with E-state index in [0.29, 0.717) is 25.1 Å². The van der Waals surface area contributed by atoms with E-state index in [0.717, 1.165) is 43.0 Å². The molecule has 1 unspecified atom stereocenters. The summed E-state index contributed by atoms with van der Waals surface area (Å²) in [4.78, 5) is 35.6. The summed E-state index contributed by atoms with van der Waals surface area (Å²) in [6, 6.07) is 5.42. The Hall–Kier alpha value is -2.41. The van der Waals surface area contributed by atoms with Crippen LogP contribution in [0.25, 0.3) is 0 Å². The molecule has 2 amide bonds. The van der Waals surface area contributed by atoms with Crippen molar-refractivity contribution in [3.05, 3.63) is 34.9 Å². The highest BCUT2D eigenvalue weighted by molar-refractivity contribution is 5.94. The summed E-state index contributed by atoms with van der Waals surface area (Å²) < 4.78 is 0. The maximum Gasteiger partial charge on any atom is 0.304 e. The number of aliphatic carboxylic acids is 1. The Morgan fingerprint density at radius 3 is 2.71 bits per heavy atom. The minimum atomic E-state index is -0.994. The largest absolute Gasteiger partial charge is 0.481 e. The van der Waals surface area contributed by atoms with Crippen molar-refractivity contribution in [1.82, 2.24) is 16.0 Å². The average molecular weight is 387 g/mol. The Labute approximate surface area is 165 Å². The molecule has 0 saturated carbocycles. The molecule has 1 aromatic rings. The monoisotopic (exact) mass is 387 g/mol. The van der Waals surface area contributed by atoms with E-state index in [1.165, 1.54) is 12.8 Å². The van der Waals surface area contributed by atoms with Crippen molar-refractivity contribution in [2.45, 2.75) is 45.1 Å². The Bertz CT molecular complexity index is 728. The molecule has 7 nitrogen and oxygen atoms in total. The van der Waals surface area contributed by atoms with Crippen molar-refractivity contribution in [2.75, 3.05) is 19.6 Å². The Morgan fingerprint density at radius 2 is 1.96 bits per heavy atom. The minimum absolute atomic E-state index is 0.119. The maximum absolute atomic E-state index is 12.5. The second-order valence-electron chi connectivity index (χ2n) is 7.79. The van der Waals surface area contributed by atoms with Crippen molar-refractivity contribution >= 4 is 17.8 Å². The van der Waals surface area contributed by atoms with Gasteiger partial charge in [0.05, 0.1) is 12.3 Å². The molecule has 28 heavy (non-hydrogen) atoms. The van der Waals surface area contributed by atoms with E-state index in [1.54, 1.807) is 12.1 Å². The van der Waals surface area contributed by atoms with Gasteiger partial charge >= 0.3 is 5.97 Å². The highest BCUT2D eigenvalue weighted by Crippen LogP contribution is 2.22. The highest BCUT2D eigenvalue weighted by atomic mass is 16.4. The zero-order chi connectivity index (χ0) is 19.9. The number of hydrogen-bond acceptors (Lipinski definition) is 4. The number of carboxylic acid groups (broad SMARTS) is 1. The number of rotatable bonds is 7. The molecule has 1 saturated heterocycles. The van der Waals surface area contributed by atoms with E-state index >= 15 is 0 Å². The summed E-state index contributed by atoms with van der Waals surface area (Å²) in [7, 11) is 0. The molecule has 1 atom stereocenters. The van der Waals surface area contributed by atoms with Gasteiger partial charge in [-0.2, -0.15) is 0 Å². The van der Waals surface area contributed by atoms with E-state index in [-0.39, 0.29) is 18.2 Å². The van der Waals surface area contributed by atoms with Gasteiger partial charge in [-0.15, -0.1) is 0 Å². The maximum atomic E-state index is 12.5. The zero-order valence-electron chi connectivity index (χ0n) is 16.1. The topological polar surface area (TPSA) is 108 Å². The van der Waals surface area contributed by atoms with E-state index in [2.05, 4.69) is 16.0 Å². The number of fused-ring (bicyclic) bond motifs is 1. The van der Waals surface area contributed by atoms with Gasteiger partial charge in [-0.3, -0.25) is 14.4 Å². The number of benzene rings is 1. The van der Waals surface area contributed by atoms with Gasteiger partial charge in [0, 0.05) is 18.7 Å². The van der Waals surface area contributed by atoms with Gasteiger partial charge in [0.2, 0.25) is 5.91 Å².